The number of fused-ring (bicyclic) bond motifs is 1. The van der Waals surface area contributed by atoms with E-state index in [1.165, 1.54) is 12.1 Å². The quantitative estimate of drug-likeness (QED) is 0.452. The number of esters is 1. The Bertz CT molecular complexity index is 791. The van der Waals surface area contributed by atoms with E-state index in [-0.39, 0.29) is 24.1 Å². The lowest BCUT2D eigenvalue weighted by Crippen LogP contribution is -2.29. The molecule has 0 unspecified atom stereocenters. The second-order valence-electron chi connectivity index (χ2n) is 5.44. The van der Waals surface area contributed by atoms with Crippen molar-refractivity contribution in [2.45, 2.75) is 13.3 Å². The molecule has 0 bridgehead atoms. The van der Waals surface area contributed by atoms with Gasteiger partial charge >= 0.3 is 5.97 Å². The molecule has 0 radical (unpaired) electrons. The summed E-state index contributed by atoms with van der Waals surface area (Å²) >= 11 is 0. The number of aromatic nitrogens is 1. The van der Waals surface area contributed by atoms with E-state index in [4.69, 9.17) is 9.47 Å². The van der Waals surface area contributed by atoms with Crippen LogP contribution in [0.3, 0.4) is 0 Å². The minimum absolute atomic E-state index is 0.0914. The maximum Gasteiger partial charge on any atom is 0.325 e. The third-order valence-corrected chi connectivity index (χ3v) is 3.85. The van der Waals surface area contributed by atoms with Gasteiger partial charge in [0.15, 0.2) is 0 Å². The number of ether oxygens (including phenoxy) is 2. The predicted octanol–water partition coefficient (Wildman–Crippen LogP) is 2.71. The van der Waals surface area contributed by atoms with Crippen LogP contribution in [0.5, 0.6) is 11.6 Å². The van der Waals surface area contributed by atoms with E-state index in [1.54, 1.807) is 6.92 Å². The zero-order chi connectivity index (χ0) is 17.8. The summed E-state index contributed by atoms with van der Waals surface area (Å²) in [6, 6.07) is 8.39. The average Bonchev–Trinajstić information content (AvgIpc) is 2.99. The third-order valence-electron chi connectivity index (χ3n) is 3.85. The Kier molecular flexibility index (Phi) is 4.78. The van der Waals surface area contributed by atoms with Gasteiger partial charge in [-0.25, -0.2) is 4.98 Å². The van der Waals surface area contributed by atoms with Gasteiger partial charge in [0, 0.05) is 29.9 Å². The Labute approximate surface area is 144 Å². The van der Waals surface area contributed by atoms with Crippen LogP contribution in [0.2, 0.25) is 0 Å². The molecular weight excluding hydrogens is 326 g/mol. The van der Waals surface area contributed by atoms with E-state index in [0.29, 0.717) is 18.9 Å². The molecule has 0 atom stereocenters. The Hall–Kier alpha value is -3.16. The Balaban J connectivity index is 1.77. The summed E-state index contributed by atoms with van der Waals surface area (Å²) in [6.45, 7) is 3.02. The van der Waals surface area contributed by atoms with Gasteiger partial charge in [0.1, 0.15) is 18.5 Å². The predicted molar refractivity (Wildman–Crippen MR) is 90.0 cm³/mol. The second kappa shape index (κ2) is 7.16. The zero-order valence-corrected chi connectivity index (χ0v) is 13.7. The Morgan fingerprint density at radius 3 is 2.88 bits per heavy atom. The molecule has 3 rings (SSSR count). The number of benzene rings is 1. The van der Waals surface area contributed by atoms with E-state index < -0.39 is 4.92 Å². The summed E-state index contributed by atoms with van der Waals surface area (Å²) in [6.07, 6.45) is 1.89. The largest absolute Gasteiger partial charge is 0.465 e. The molecule has 1 aromatic carbocycles. The minimum Gasteiger partial charge on any atom is -0.465 e. The topological polar surface area (TPSA) is 94.8 Å². The van der Waals surface area contributed by atoms with Crippen molar-refractivity contribution in [3.8, 4) is 11.6 Å². The monoisotopic (exact) mass is 343 g/mol. The van der Waals surface area contributed by atoms with Crippen molar-refractivity contribution in [2.75, 3.05) is 24.6 Å². The van der Waals surface area contributed by atoms with Crippen LogP contribution >= 0.6 is 0 Å². The van der Waals surface area contributed by atoms with Gasteiger partial charge in [-0.2, -0.15) is 0 Å². The van der Waals surface area contributed by atoms with Crippen LogP contribution in [0.25, 0.3) is 0 Å². The fraction of sp³-hybridized carbons (Fsp3) is 0.294. The van der Waals surface area contributed by atoms with Crippen molar-refractivity contribution >= 4 is 17.3 Å². The second-order valence-corrected chi connectivity index (χ2v) is 5.44. The average molecular weight is 343 g/mol. The van der Waals surface area contributed by atoms with Gasteiger partial charge in [-0.15, -0.1) is 0 Å². The number of nitro groups is 1. The standard InChI is InChI=1S/C17H17N3O5/c1-2-24-17(21)11-19-9-8-13-14(19)4-3-5-15(13)25-16-7-6-12(10-18-16)20(22)23/h3-7,10H,2,8-9,11H2,1H3. The molecule has 0 aliphatic carbocycles. The molecule has 0 spiro atoms. The van der Waals surface area contributed by atoms with Gasteiger partial charge in [0.25, 0.3) is 5.69 Å². The van der Waals surface area contributed by atoms with Crippen LogP contribution in [0, 0.1) is 10.1 Å². The van der Waals surface area contributed by atoms with Crippen LogP contribution in [-0.4, -0.2) is 35.6 Å². The molecule has 0 N–H and O–H groups in total. The number of carbonyl (C=O) groups excluding carboxylic acids is 1. The lowest BCUT2D eigenvalue weighted by molar-refractivity contribution is -0.385. The van der Waals surface area contributed by atoms with Crippen molar-refractivity contribution < 1.29 is 19.2 Å². The van der Waals surface area contributed by atoms with Gasteiger partial charge in [-0.05, 0) is 25.5 Å². The number of anilines is 1. The van der Waals surface area contributed by atoms with E-state index in [1.807, 2.05) is 23.1 Å². The zero-order valence-electron chi connectivity index (χ0n) is 13.7. The first-order chi connectivity index (χ1) is 12.1. The summed E-state index contributed by atoms with van der Waals surface area (Å²) in [7, 11) is 0. The van der Waals surface area contributed by atoms with E-state index in [9.17, 15) is 14.9 Å². The highest BCUT2D eigenvalue weighted by Crippen LogP contribution is 2.36. The Morgan fingerprint density at radius 2 is 2.20 bits per heavy atom. The van der Waals surface area contributed by atoms with Crippen molar-refractivity contribution in [1.82, 2.24) is 4.98 Å². The summed E-state index contributed by atoms with van der Waals surface area (Å²) in [5.74, 6) is 0.645. The van der Waals surface area contributed by atoms with E-state index in [2.05, 4.69) is 4.98 Å². The fourth-order valence-electron chi connectivity index (χ4n) is 2.74. The van der Waals surface area contributed by atoms with Crippen LogP contribution in [-0.2, 0) is 16.0 Å². The van der Waals surface area contributed by atoms with Gasteiger partial charge in [0.05, 0.1) is 11.5 Å². The van der Waals surface area contributed by atoms with Gasteiger partial charge in [-0.1, -0.05) is 6.07 Å². The first-order valence-corrected chi connectivity index (χ1v) is 7.89. The molecule has 8 heteroatoms. The summed E-state index contributed by atoms with van der Waals surface area (Å²) < 4.78 is 10.8. The number of hydrogen-bond acceptors (Lipinski definition) is 7. The van der Waals surface area contributed by atoms with Gasteiger partial charge in [-0.3, -0.25) is 14.9 Å². The summed E-state index contributed by atoms with van der Waals surface area (Å²) in [5, 5.41) is 10.7. The smallest absolute Gasteiger partial charge is 0.325 e. The summed E-state index contributed by atoms with van der Waals surface area (Å²) in [4.78, 5) is 27.8. The highest BCUT2D eigenvalue weighted by atomic mass is 16.6. The van der Waals surface area contributed by atoms with Crippen LogP contribution in [0.1, 0.15) is 12.5 Å². The molecule has 0 fully saturated rings. The number of rotatable bonds is 6. The first kappa shape index (κ1) is 16.7. The molecular formula is C17H17N3O5. The lowest BCUT2D eigenvalue weighted by Gasteiger charge is -2.18. The lowest BCUT2D eigenvalue weighted by atomic mass is 10.1. The van der Waals surface area contributed by atoms with Gasteiger partial charge < -0.3 is 14.4 Å². The molecule has 1 aliphatic heterocycles. The molecule has 2 aromatic rings. The maximum atomic E-state index is 11.7. The van der Waals surface area contributed by atoms with E-state index in [0.717, 1.165) is 23.9 Å². The fourth-order valence-corrected chi connectivity index (χ4v) is 2.74. The number of pyridine rings is 1. The SMILES string of the molecule is CCOC(=O)CN1CCc2c(Oc3ccc([N+](=O)[O-])cn3)cccc21. The molecule has 1 aliphatic rings. The molecule has 8 nitrogen and oxygen atoms in total. The Morgan fingerprint density at radius 1 is 1.36 bits per heavy atom. The molecule has 1 aromatic heterocycles. The molecule has 0 saturated heterocycles. The molecule has 0 amide bonds. The molecule has 2 heterocycles. The van der Waals surface area contributed by atoms with Crippen LogP contribution < -0.4 is 9.64 Å². The molecule has 25 heavy (non-hydrogen) atoms. The minimum atomic E-state index is -0.510. The maximum absolute atomic E-state index is 11.7. The van der Waals surface area contributed by atoms with E-state index >= 15 is 0 Å². The van der Waals surface area contributed by atoms with Crippen LogP contribution in [0.15, 0.2) is 36.5 Å². The normalized spacial score (nSPS) is 12.6. The third kappa shape index (κ3) is 3.68. The molecule has 0 saturated carbocycles. The summed E-state index contributed by atoms with van der Waals surface area (Å²) in [5.41, 5.74) is 1.81. The number of nitrogens with zero attached hydrogens (tertiary/aromatic N) is 3. The number of hydrogen-bond donors (Lipinski definition) is 0. The van der Waals surface area contributed by atoms with Crippen LogP contribution in [0.4, 0.5) is 11.4 Å². The van der Waals surface area contributed by atoms with Gasteiger partial charge in [0.2, 0.25) is 5.88 Å². The highest BCUT2D eigenvalue weighted by molar-refractivity contribution is 5.78. The van der Waals surface area contributed by atoms with Crippen molar-refractivity contribution in [2.24, 2.45) is 0 Å². The highest BCUT2D eigenvalue weighted by Gasteiger charge is 2.25. The first-order valence-electron chi connectivity index (χ1n) is 7.89. The van der Waals surface area contributed by atoms with Crippen molar-refractivity contribution in [3.63, 3.8) is 0 Å². The van der Waals surface area contributed by atoms with Crippen molar-refractivity contribution in [1.29, 1.82) is 0 Å². The number of carbonyl (C=O) groups is 1. The van der Waals surface area contributed by atoms with Crippen molar-refractivity contribution in [3.05, 3.63) is 52.2 Å². The molecule has 130 valence electrons.